The number of carbonyl (C=O) groups is 1. The van der Waals surface area contributed by atoms with Gasteiger partial charge in [0.15, 0.2) is 0 Å². The molecule has 0 fully saturated rings. The molecule has 0 aromatic heterocycles. The second-order valence-electron chi connectivity index (χ2n) is 0.628. The van der Waals surface area contributed by atoms with E-state index in [1.54, 1.807) is 22.6 Å². The van der Waals surface area contributed by atoms with Gasteiger partial charge >= 0.3 is 5.97 Å². The van der Waals surface area contributed by atoms with Crippen LogP contribution in [0.1, 0.15) is 0 Å². The van der Waals surface area contributed by atoms with Crippen LogP contribution in [0.4, 0.5) is 0 Å². The maximum atomic E-state index is 9.36. The van der Waals surface area contributed by atoms with Crippen molar-refractivity contribution in [2.24, 2.45) is 0 Å². The van der Waals surface area contributed by atoms with Crippen LogP contribution in [0.15, 0.2) is 0 Å². The van der Waals surface area contributed by atoms with E-state index in [1.807, 2.05) is 0 Å². The Morgan fingerprint density at radius 3 is 1.75 bits per heavy atom. The number of aliphatic carboxylic acids is 1. The van der Waals surface area contributed by atoms with Crippen molar-refractivity contribution in [1.29, 1.82) is 0 Å². The first-order valence-electron chi connectivity index (χ1n) is 1.58. The molecule has 0 spiro atoms. The van der Waals surface area contributed by atoms with E-state index in [2.05, 4.69) is 0 Å². The number of hydrogen-bond acceptors (Lipinski definition) is 1. The molecule has 0 saturated carbocycles. The van der Waals surface area contributed by atoms with Crippen molar-refractivity contribution in [1.82, 2.24) is 0 Å². The second kappa shape index (κ2) is 10.7. The van der Waals surface area contributed by atoms with E-state index in [0.29, 0.717) is 0 Å². The van der Waals surface area contributed by atoms with Gasteiger partial charge in [0.05, 0.1) is 9.77 Å². The smallest absolute Gasteiger partial charge is 0.313 e. The van der Waals surface area contributed by atoms with E-state index >= 15 is 0 Å². The topological polar surface area (TPSA) is 37.3 Å². The van der Waals surface area contributed by atoms with E-state index in [1.165, 1.54) is 0 Å². The van der Waals surface area contributed by atoms with Crippen LogP contribution in [0.5, 0.6) is 0 Å². The monoisotopic (exact) mass is 270 g/mol. The van der Waals surface area contributed by atoms with E-state index in [4.69, 9.17) is 28.3 Å². The summed E-state index contributed by atoms with van der Waals surface area (Å²) >= 11 is 11.3. The van der Waals surface area contributed by atoms with E-state index in [9.17, 15) is 4.79 Å². The Labute approximate surface area is 71.3 Å². The summed E-state index contributed by atoms with van der Waals surface area (Å²) in [6.07, 6.45) is 0. The fourth-order valence-corrected chi connectivity index (χ4v) is 0. The number of rotatable bonds is 1. The molecule has 2 nitrogen and oxygen atoms in total. The molecular weight excluding hydrogens is 266 g/mol. The van der Waals surface area contributed by atoms with Crippen molar-refractivity contribution in [3.8, 4) is 0 Å². The van der Waals surface area contributed by atoms with Gasteiger partial charge in [-0.3, -0.25) is 4.79 Å². The molecule has 0 unspecified atom stereocenters. The minimum atomic E-state index is -0.759. The summed E-state index contributed by atoms with van der Waals surface area (Å²) < 4.78 is 0.192. The molecule has 5 heteroatoms. The van der Waals surface area contributed by atoms with Crippen molar-refractivity contribution in [2.45, 2.75) is 0 Å². The first kappa shape index (κ1) is 11.6. The Kier molecular flexibility index (Phi) is 15.5. The molecule has 50 valence electrons. The summed E-state index contributed by atoms with van der Waals surface area (Å²) in [5.74, 6) is -0.759. The first-order chi connectivity index (χ1) is 3.68. The standard InChI is InChI=1S/C2H3IO2.CH2Cl2/c3-1-2(4)5;2-1-3/h1H2,(H,4,5);1H2. The van der Waals surface area contributed by atoms with Crippen LogP contribution in [-0.2, 0) is 4.79 Å². The van der Waals surface area contributed by atoms with E-state index < -0.39 is 5.97 Å². The van der Waals surface area contributed by atoms with Crippen LogP contribution >= 0.6 is 45.8 Å². The van der Waals surface area contributed by atoms with E-state index in [0.717, 1.165) is 0 Å². The second-order valence-corrected chi connectivity index (χ2v) is 2.20. The van der Waals surface area contributed by atoms with Gasteiger partial charge in [-0.05, 0) is 0 Å². The highest BCUT2D eigenvalue weighted by molar-refractivity contribution is 14.1. The zero-order chi connectivity index (χ0) is 6.99. The molecule has 8 heavy (non-hydrogen) atoms. The van der Waals surface area contributed by atoms with Crippen LogP contribution in [0.2, 0.25) is 0 Å². The van der Waals surface area contributed by atoms with E-state index in [-0.39, 0.29) is 9.77 Å². The average molecular weight is 271 g/mol. The lowest BCUT2D eigenvalue weighted by molar-refractivity contribution is -0.133. The largest absolute Gasteiger partial charge is 0.481 e. The van der Waals surface area contributed by atoms with Crippen LogP contribution in [0, 0.1) is 0 Å². The third-order valence-electron chi connectivity index (χ3n) is 0.114. The molecule has 0 aliphatic heterocycles. The van der Waals surface area contributed by atoms with Crippen molar-refractivity contribution < 1.29 is 9.90 Å². The van der Waals surface area contributed by atoms with Crippen molar-refractivity contribution >= 4 is 51.8 Å². The maximum Gasteiger partial charge on any atom is 0.313 e. The molecule has 0 bridgehead atoms. The van der Waals surface area contributed by atoms with Gasteiger partial charge in [-0.15, -0.1) is 23.2 Å². The highest BCUT2D eigenvalue weighted by atomic mass is 127. The van der Waals surface area contributed by atoms with Gasteiger partial charge in [0.1, 0.15) is 0 Å². The Balaban J connectivity index is 0. The molecule has 0 amide bonds. The number of carboxylic acid groups (broad SMARTS) is 1. The summed E-state index contributed by atoms with van der Waals surface area (Å²) in [6.45, 7) is 0. The summed E-state index contributed by atoms with van der Waals surface area (Å²) in [7, 11) is 0. The predicted octanol–water partition coefficient (Wildman–Crippen LogP) is 1.93. The molecule has 0 rings (SSSR count). The fourth-order valence-electron chi connectivity index (χ4n) is 0. The molecule has 1 N–H and O–H groups in total. The zero-order valence-electron chi connectivity index (χ0n) is 3.90. The molecule has 0 aliphatic carbocycles. The quantitative estimate of drug-likeness (QED) is 0.584. The van der Waals surface area contributed by atoms with Gasteiger partial charge in [0.25, 0.3) is 0 Å². The first-order valence-corrected chi connectivity index (χ1v) is 4.18. The van der Waals surface area contributed by atoms with Crippen LogP contribution in [0.25, 0.3) is 0 Å². The van der Waals surface area contributed by atoms with Crippen molar-refractivity contribution in [3.05, 3.63) is 0 Å². The van der Waals surface area contributed by atoms with Crippen LogP contribution in [-0.4, -0.2) is 20.8 Å². The Morgan fingerprint density at radius 1 is 1.62 bits per heavy atom. The van der Waals surface area contributed by atoms with Gasteiger partial charge in [-0.2, -0.15) is 0 Å². The van der Waals surface area contributed by atoms with Crippen molar-refractivity contribution in [3.63, 3.8) is 0 Å². The molecule has 0 heterocycles. The van der Waals surface area contributed by atoms with Gasteiger partial charge in [0.2, 0.25) is 0 Å². The normalized spacial score (nSPS) is 6.88. The van der Waals surface area contributed by atoms with Crippen molar-refractivity contribution in [2.75, 3.05) is 9.77 Å². The lowest BCUT2D eigenvalue weighted by Gasteiger charge is -1.70. The highest BCUT2D eigenvalue weighted by Gasteiger charge is 1.82. The third-order valence-corrected chi connectivity index (χ3v) is 0.767. The van der Waals surface area contributed by atoms with Gasteiger partial charge in [-0.1, -0.05) is 22.6 Å². The SMILES string of the molecule is ClCCl.O=C(O)CI. The lowest BCUT2D eigenvalue weighted by Crippen LogP contribution is -1.91. The Hall–Kier alpha value is 0.780. The fraction of sp³-hybridized carbons (Fsp3) is 0.667. The molecular formula is C3H5Cl2IO2. The minimum absolute atomic E-state index is 0.192. The number of halogens is 3. The number of carboxylic acids is 1. The lowest BCUT2D eigenvalue weighted by atomic mass is 10.9. The summed E-state index contributed by atoms with van der Waals surface area (Å²) in [5.41, 5.74) is 0. The average Bonchev–Trinajstić information content (AvgIpc) is 1.69. The van der Waals surface area contributed by atoms with Gasteiger partial charge in [-0.25, -0.2) is 0 Å². The molecule has 0 radical (unpaired) electrons. The summed E-state index contributed by atoms with van der Waals surface area (Å²) in [6, 6.07) is 0. The van der Waals surface area contributed by atoms with Gasteiger partial charge < -0.3 is 5.11 Å². The third kappa shape index (κ3) is 29.3. The maximum absolute atomic E-state index is 9.36. The minimum Gasteiger partial charge on any atom is -0.481 e. The predicted molar refractivity (Wildman–Crippen MR) is 43.1 cm³/mol. The Bertz CT molecular complexity index is 59.2. The molecule has 0 aliphatic rings. The molecule has 0 aromatic rings. The molecule has 0 atom stereocenters. The number of hydrogen-bond donors (Lipinski definition) is 1. The zero-order valence-corrected chi connectivity index (χ0v) is 7.57. The molecule has 0 saturated heterocycles. The number of alkyl halides is 3. The van der Waals surface area contributed by atoms with Crippen LogP contribution < -0.4 is 0 Å². The molecule has 0 aromatic carbocycles. The summed E-state index contributed by atoms with van der Waals surface area (Å²) in [5, 5.41) is 7.91. The highest BCUT2D eigenvalue weighted by Crippen LogP contribution is 1.75. The summed E-state index contributed by atoms with van der Waals surface area (Å²) in [4.78, 5) is 9.36. The van der Waals surface area contributed by atoms with Crippen LogP contribution in [0.3, 0.4) is 0 Å². The van der Waals surface area contributed by atoms with Gasteiger partial charge in [0, 0.05) is 0 Å². The Morgan fingerprint density at radius 2 is 1.75 bits per heavy atom.